The van der Waals surface area contributed by atoms with Crippen LogP contribution in [0.3, 0.4) is 0 Å². The van der Waals surface area contributed by atoms with Crippen molar-refractivity contribution in [2.24, 2.45) is 0 Å². The van der Waals surface area contributed by atoms with E-state index in [-0.39, 0.29) is 11.1 Å². The summed E-state index contributed by atoms with van der Waals surface area (Å²) in [5.41, 5.74) is 1.64. The predicted octanol–water partition coefficient (Wildman–Crippen LogP) is 3.99. The Labute approximate surface area is 130 Å². The second kappa shape index (κ2) is 5.35. The first-order valence-electron chi connectivity index (χ1n) is 6.09. The Hall–Kier alpha value is -2.10. The van der Waals surface area contributed by atoms with E-state index < -0.39 is 11.9 Å². The number of ether oxygens (including phenoxy) is 1. The van der Waals surface area contributed by atoms with E-state index in [0.29, 0.717) is 21.2 Å². The topological polar surface area (TPSA) is 43.4 Å². The van der Waals surface area contributed by atoms with Crippen LogP contribution in [0.5, 0.6) is 0 Å². The van der Waals surface area contributed by atoms with Gasteiger partial charge in [-0.3, -0.25) is 0 Å². The molecule has 0 amide bonds. The van der Waals surface area contributed by atoms with E-state index in [1.54, 1.807) is 48.5 Å². The van der Waals surface area contributed by atoms with Crippen LogP contribution in [0.4, 0.5) is 0 Å². The van der Waals surface area contributed by atoms with Crippen LogP contribution in [0.1, 0.15) is 11.1 Å². The summed E-state index contributed by atoms with van der Waals surface area (Å²) in [6, 6.07) is 13.3. The zero-order valence-electron chi connectivity index (χ0n) is 10.6. The molecule has 0 atom stereocenters. The molecule has 0 aromatic heterocycles. The fourth-order valence-corrected chi connectivity index (χ4v) is 2.40. The van der Waals surface area contributed by atoms with Crippen molar-refractivity contribution < 1.29 is 14.3 Å². The molecule has 104 valence electrons. The van der Waals surface area contributed by atoms with Crippen LogP contribution in [-0.4, -0.2) is 11.9 Å². The Balaban J connectivity index is 2.19. The lowest BCUT2D eigenvalue weighted by molar-refractivity contribution is -0.149. The third-order valence-corrected chi connectivity index (χ3v) is 3.61. The van der Waals surface area contributed by atoms with Gasteiger partial charge in [-0.2, -0.15) is 0 Å². The molecule has 2 aromatic rings. The summed E-state index contributed by atoms with van der Waals surface area (Å²) < 4.78 is 4.74. The van der Waals surface area contributed by atoms with Gasteiger partial charge in [0.05, 0.1) is 11.1 Å². The second-order valence-electron chi connectivity index (χ2n) is 4.44. The zero-order chi connectivity index (χ0) is 15.0. The molecular weight excluding hydrogens is 311 g/mol. The van der Waals surface area contributed by atoms with Crippen molar-refractivity contribution >= 4 is 46.3 Å². The molecule has 3 nitrogen and oxygen atoms in total. The third-order valence-electron chi connectivity index (χ3n) is 3.11. The molecule has 21 heavy (non-hydrogen) atoms. The molecule has 5 heteroatoms. The van der Waals surface area contributed by atoms with Crippen molar-refractivity contribution in [1.29, 1.82) is 0 Å². The monoisotopic (exact) mass is 318 g/mol. The first kappa shape index (κ1) is 13.9. The zero-order valence-corrected chi connectivity index (χ0v) is 12.1. The molecule has 0 radical (unpaired) electrons. The molecule has 2 aromatic carbocycles. The third kappa shape index (κ3) is 2.58. The molecule has 0 fully saturated rings. The van der Waals surface area contributed by atoms with E-state index in [1.165, 1.54) is 0 Å². The quantitative estimate of drug-likeness (QED) is 0.621. The van der Waals surface area contributed by atoms with Gasteiger partial charge < -0.3 is 4.74 Å². The van der Waals surface area contributed by atoms with Gasteiger partial charge in [0.1, 0.15) is 0 Å². The Kier molecular flexibility index (Phi) is 3.53. The van der Waals surface area contributed by atoms with Crippen molar-refractivity contribution in [1.82, 2.24) is 0 Å². The molecule has 1 heterocycles. The predicted molar refractivity (Wildman–Crippen MR) is 80.8 cm³/mol. The minimum Gasteiger partial charge on any atom is -0.386 e. The summed E-state index contributed by atoms with van der Waals surface area (Å²) in [5, 5.41) is 1.09. The molecule has 0 saturated heterocycles. The van der Waals surface area contributed by atoms with Gasteiger partial charge in [0, 0.05) is 10.0 Å². The lowest BCUT2D eigenvalue weighted by atomic mass is 9.96. The van der Waals surface area contributed by atoms with Crippen LogP contribution in [-0.2, 0) is 14.3 Å². The molecule has 0 unspecified atom stereocenters. The summed E-state index contributed by atoms with van der Waals surface area (Å²) in [6.07, 6.45) is 0. The van der Waals surface area contributed by atoms with Gasteiger partial charge in [0.2, 0.25) is 0 Å². The average molecular weight is 319 g/mol. The highest BCUT2D eigenvalue weighted by Crippen LogP contribution is 2.34. The highest BCUT2D eigenvalue weighted by atomic mass is 35.5. The maximum atomic E-state index is 12.0. The Morgan fingerprint density at radius 3 is 1.29 bits per heavy atom. The number of rotatable bonds is 2. The molecular formula is C16H8Cl2O3. The molecule has 3 rings (SSSR count). The molecule has 0 spiro atoms. The summed E-state index contributed by atoms with van der Waals surface area (Å²) >= 11 is 11.7. The maximum Gasteiger partial charge on any atom is 0.347 e. The van der Waals surface area contributed by atoms with Gasteiger partial charge >= 0.3 is 11.9 Å². The Bertz CT molecular complexity index is 694. The van der Waals surface area contributed by atoms with Gasteiger partial charge in [-0.1, -0.05) is 47.5 Å². The number of hydrogen-bond donors (Lipinski definition) is 0. The van der Waals surface area contributed by atoms with Gasteiger partial charge in [0.25, 0.3) is 0 Å². The van der Waals surface area contributed by atoms with Crippen molar-refractivity contribution in [2.45, 2.75) is 0 Å². The fraction of sp³-hybridized carbons (Fsp3) is 0. The minimum atomic E-state index is -0.660. The minimum absolute atomic E-state index is 0.235. The van der Waals surface area contributed by atoms with Crippen LogP contribution >= 0.6 is 23.2 Å². The molecule has 1 aliphatic heterocycles. The van der Waals surface area contributed by atoms with Crippen LogP contribution in [0, 0.1) is 0 Å². The highest BCUT2D eigenvalue weighted by molar-refractivity contribution is 6.45. The summed E-state index contributed by atoms with van der Waals surface area (Å²) in [6.45, 7) is 0. The molecule has 0 saturated carbocycles. The summed E-state index contributed by atoms with van der Waals surface area (Å²) in [5.74, 6) is -1.32. The van der Waals surface area contributed by atoms with Crippen molar-refractivity contribution in [3.05, 3.63) is 69.7 Å². The molecule has 0 bridgehead atoms. The summed E-state index contributed by atoms with van der Waals surface area (Å²) in [4.78, 5) is 23.9. The number of hydrogen-bond acceptors (Lipinski definition) is 3. The van der Waals surface area contributed by atoms with Crippen LogP contribution in [0.25, 0.3) is 11.1 Å². The van der Waals surface area contributed by atoms with Gasteiger partial charge in [0.15, 0.2) is 0 Å². The molecule has 1 aliphatic rings. The largest absolute Gasteiger partial charge is 0.386 e. The molecule has 0 N–H and O–H groups in total. The number of carbonyl (C=O) groups is 2. The molecule has 0 aliphatic carbocycles. The number of carbonyl (C=O) groups excluding carboxylic acids is 2. The first-order valence-corrected chi connectivity index (χ1v) is 6.84. The van der Waals surface area contributed by atoms with Gasteiger partial charge in [-0.25, -0.2) is 9.59 Å². The van der Waals surface area contributed by atoms with E-state index in [1.807, 2.05) is 0 Å². The van der Waals surface area contributed by atoms with E-state index >= 15 is 0 Å². The lowest BCUT2D eigenvalue weighted by Gasteiger charge is -2.03. The van der Waals surface area contributed by atoms with Crippen molar-refractivity contribution in [2.75, 3.05) is 0 Å². The smallest absolute Gasteiger partial charge is 0.347 e. The van der Waals surface area contributed by atoms with Crippen molar-refractivity contribution in [3.63, 3.8) is 0 Å². The van der Waals surface area contributed by atoms with Gasteiger partial charge in [-0.15, -0.1) is 0 Å². The number of benzene rings is 2. The van der Waals surface area contributed by atoms with E-state index in [0.717, 1.165) is 0 Å². The van der Waals surface area contributed by atoms with Gasteiger partial charge in [-0.05, 0) is 35.4 Å². The van der Waals surface area contributed by atoms with Crippen molar-refractivity contribution in [3.8, 4) is 0 Å². The Morgan fingerprint density at radius 1 is 0.619 bits per heavy atom. The number of esters is 2. The van der Waals surface area contributed by atoms with Crippen LogP contribution in [0.15, 0.2) is 48.5 Å². The van der Waals surface area contributed by atoms with E-state index in [9.17, 15) is 9.59 Å². The standard InChI is InChI=1S/C16H8Cl2O3/c17-11-5-1-9(2-6-11)13-14(16(20)21-15(13)19)10-3-7-12(18)8-4-10/h1-8H. The van der Waals surface area contributed by atoms with E-state index in [4.69, 9.17) is 27.9 Å². The maximum absolute atomic E-state index is 12.0. The number of cyclic esters (lactones) is 2. The second-order valence-corrected chi connectivity index (χ2v) is 5.31. The van der Waals surface area contributed by atoms with Crippen LogP contribution in [0.2, 0.25) is 10.0 Å². The SMILES string of the molecule is O=C1OC(=O)C(c2ccc(Cl)cc2)=C1c1ccc(Cl)cc1. The first-order chi connectivity index (χ1) is 10.1. The van der Waals surface area contributed by atoms with Crippen LogP contribution < -0.4 is 0 Å². The van der Waals surface area contributed by atoms with E-state index in [2.05, 4.69) is 0 Å². The normalized spacial score (nSPS) is 14.6. The lowest BCUT2D eigenvalue weighted by Crippen LogP contribution is -2.01. The summed E-state index contributed by atoms with van der Waals surface area (Å²) in [7, 11) is 0. The average Bonchev–Trinajstić information content (AvgIpc) is 2.75. The highest BCUT2D eigenvalue weighted by Gasteiger charge is 2.34. The number of halogens is 2. The Morgan fingerprint density at radius 2 is 0.952 bits per heavy atom. The fourth-order valence-electron chi connectivity index (χ4n) is 2.15.